The predicted molar refractivity (Wildman–Crippen MR) is 101 cm³/mol. The minimum absolute atomic E-state index is 0.0149. The number of nitrogens with one attached hydrogen (secondary N) is 1. The van der Waals surface area contributed by atoms with Gasteiger partial charge in [0.05, 0.1) is 18.8 Å². The van der Waals surface area contributed by atoms with Gasteiger partial charge in [-0.1, -0.05) is 37.3 Å². The molecular formula is C20H25N3O2. The molecule has 0 radical (unpaired) electrons. The van der Waals surface area contributed by atoms with E-state index in [9.17, 15) is 4.79 Å². The van der Waals surface area contributed by atoms with Gasteiger partial charge in [-0.05, 0) is 36.6 Å². The van der Waals surface area contributed by atoms with Crippen LogP contribution < -0.4 is 20.7 Å². The Hall–Kier alpha value is -2.69. The first-order chi connectivity index (χ1) is 12.2. The summed E-state index contributed by atoms with van der Waals surface area (Å²) in [6, 6.07) is 15.7. The maximum absolute atomic E-state index is 12.4. The zero-order chi connectivity index (χ0) is 17.6. The Morgan fingerprint density at radius 3 is 2.84 bits per heavy atom. The summed E-state index contributed by atoms with van der Waals surface area (Å²) in [6.07, 6.45) is 1.82. The highest BCUT2D eigenvalue weighted by atomic mass is 16.5. The maximum atomic E-state index is 12.4. The molecule has 0 saturated heterocycles. The highest BCUT2D eigenvalue weighted by Crippen LogP contribution is 2.35. The summed E-state index contributed by atoms with van der Waals surface area (Å²) in [7, 11) is 0. The number of anilines is 2. The predicted octanol–water partition coefficient (Wildman–Crippen LogP) is 2.61. The Morgan fingerprint density at radius 1 is 1.28 bits per heavy atom. The Morgan fingerprint density at radius 2 is 2.08 bits per heavy atom. The van der Waals surface area contributed by atoms with Crippen molar-refractivity contribution in [2.24, 2.45) is 0 Å². The number of fused-ring (bicyclic) bond motifs is 1. The maximum Gasteiger partial charge on any atom is 0.239 e. The molecule has 1 aliphatic heterocycles. The molecule has 1 unspecified atom stereocenters. The van der Waals surface area contributed by atoms with Gasteiger partial charge in [0.2, 0.25) is 5.91 Å². The fourth-order valence-electron chi connectivity index (χ4n) is 3.02. The van der Waals surface area contributed by atoms with E-state index in [0.717, 1.165) is 24.3 Å². The number of nitrogens with two attached hydrogens (primary N) is 1. The van der Waals surface area contributed by atoms with Gasteiger partial charge in [-0.3, -0.25) is 4.79 Å². The number of benzene rings is 2. The van der Waals surface area contributed by atoms with Crippen molar-refractivity contribution in [3.63, 3.8) is 0 Å². The number of amides is 1. The number of carbonyl (C=O) groups excluding carboxylic acids is 1. The molecule has 2 aromatic carbocycles. The molecule has 0 bridgehead atoms. The van der Waals surface area contributed by atoms with Gasteiger partial charge in [0, 0.05) is 12.2 Å². The molecule has 2 aromatic rings. The summed E-state index contributed by atoms with van der Waals surface area (Å²) >= 11 is 0. The lowest BCUT2D eigenvalue weighted by Gasteiger charge is -2.35. The number of nitrogen functional groups attached to an aromatic ring is 1. The topological polar surface area (TPSA) is 67.6 Å². The molecule has 0 aliphatic carbocycles. The normalized spacial score (nSPS) is 16.0. The van der Waals surface area contributed by atoms with E-state index in [4.69, 9.17) is 10.5 Å². The highest BCUT2D eigenvalue weighted by molar-refractivity contribution is 5.82. The third-order valence-electron chi connectivity index (χ3n) is 4.41. The molecular weight excluding hydrogens is 314 g/mol. The number of carbonyl (C=O) groups is 1. The van der Waals surface area contributed by atoms with Crippen molar-refractivity contribution in [1.82, 2.24) is 5.32 Å². The van der Waals surface area contributed by atoms with Crippen LogP contribution in [0.5, 0.6) is 5.75 Å². The molecule has 25 heavy (non-hydrogen) atoms. The van der Waals surface area contributed by atoms with Crippen LogP contribution in [0.25, 0.3) is 0 Å². The SMILES string of the molecule is CCC1CN(CC(=O)NCCc2ccccc2)c2cc(N)ccc2O1. The molecule has 5 heteroatoms. The largest absolute Gasteiger partial charge is 0.486 e. The van der Waals surface area contributed by atoms with Crippen LogP contribution in [0.4, 0.5) is 11.4 Å². The number of hydrogen-bond donors (Lipinski definition) is 2. The van der Waals surface area contributed by atoms with Crippen molar-refractivity contribution in [1.29, 1.82) is 0 Å². The second-order valence-corrected chi connectivity index (χ2v) is 6.34. The average Bonchev–Trinajstić information content (AvgIpc) is 2.63. The van der Waals surface area contributed by atoms with Crippen molar-refractivity contribution in [2.75, 3.05) is 30.3 Å². The van der Waals surface area contributed by atoms with Gasteiger partial charge in [-0.2, -0.15) is 0 Å². The summed E-state index contributed by atoms with van der Waals surface area (Å²) in [4.78, 5) is 14.4. The summed E-state index contributed by atoms with van der Waals surface area (Å²) < 4.78 is 5.96. The van der Waals surface area contributed by atoms with Crippen LogP contribution in [-0.2, 0) is 11.2 Å². The van der Waals surface area contributed by atoms with Gasteiger partial charge >= 0.3 is 0 Å². The molecule has 1 heterocycles. The van der Waals surface area contributed by atoms with E-state index < -0.39 is 0 Å². The second kappa shape index (κ2) is 7.92. The molecule has 1 amide bonds. The van der Waals surface area contributed by atoms with Crippen molar-refractivity contribution in [2.45, 2.75) is 25.9 Å². The number of nitrogens with zero attached hydrogens (tertiary/aromatic N) is 1. The Bertz CT molecular complexity index is 718. The van der Waals surface area contributed by atoms with Gasteiger partial charge in [-0.15, -0.1) is 0 Å². The van der Waals surface area contributed by atoms with E-state index in [1.807, 2.05) is 36.4 Å². The monoisotopic (exact) mass is 339 g/mol. The van der Waals surface area contributed by atoms with Crippen LogP contribution in [0.3, 0.4) is 0 Å². The standard InChI is InChI=1S/C20H25N3O2/c1-2-17-13-23(18-12-16(21)8-9-19(18)25-17)14-20(24)22-11-10-15-6-4-3-5-7-15/h3-9,12,17H,2,10-11,13-14,21H2,1H3,(H,22,24). The van der Waals surface area contributed by atoms with Gasteiger partial charge in [0.25, 0.3) is 0 Å². The minimum atomic E-state index is 0.0149. The fourth-order valence-corrected chi connectivity index (χ4v) is 3.02. The summed E-state index contributed by atoms with van der Waals surface area (Å²) in [5.74, 6) is 0.811. The molecule has 0 fully saturated rings. The zero-order valence-electron chi connectivity index (χ0n) is 14.6. The van der Waals surface area contributed by atoms with E-state index in [1.54, 1.807) is 0 Å². The number of hydrogen-bond acceptors (Lipinski definition) is 4. The average molecular weight is 339 g/mol. The van der Waals surface area contributed by atoms with Crippen LogP contribution in [0.15, 0.2) is 48.5 Å². The van der Waals surface area contributed by atoms with Crippen LogP contribution in [0.2, 0.25) is 0 Å². The molecule has 0 saturated carbocycles. The molecule has 3 N–H and O–H groups in total. The minimum Gasteiger partial charge on any atom is -0.486 e. The van der Waals surface area contributed by atoms with E-state index in [2.05, 4.69) is 29.3 Å². The van der Waals surface area contributed by atoms with E-state index >= 15 is 0 Å². The highest BCUT2D eigenvalue weighted by Gasteiger charge is 2.26. The van der Waals surface area contributed by atoms with E-state index in [0.29, 0.717) is 25.3 Å². The van der Waals surface area contributed by atoms with Gasteiger partial charge in [0.15, 0.2) is 0 Å². The van der Waals surface area contributed by atoms with Gasteiger partial charge in [-0.25, -0.2) is 0 Å². The first-order valence-corrected chi connectivity index (χ1v) is 8.77. The van der Waals surface area contributed by atoms with Crippen LogP contribution in [0, 0.1) is 0 Å². The third kappa shape index (κ3) is 4.44. The van der Waals surface area contributed by atoms with E-state index in [-0.39, 0.29) is 12.0 Å². The lowest BCUT2D eigenvalue weighted by molar-refractivity contribution is -0.119. The van der Waals surface area contributed by atoms with Gasteiger partial charge < -0.3 is 20.7 Å². The lowest BCUT2D eigenvalue weighted by atomic mass is 10.1. The molecule has 132 valence electrons. The van der Waals surface area contributed by atoms with Crippen molar-refractivity contribution < 1.29 is 9.53 Å². The van der Waals surface area contributed by atoms with Crippen molar-refractivity contribution in [3.8, 4) is 5.75 Å². The summed E-state index contributed by atoms with van der Waals surface area (Å²) in [5.41, 5.74) is 8.69. The quantitative estimate of drug-likeness (QED) is 0.794. The van der Waals surface area contributed by atoms with Crippen LogP contribution >= 0.6 is 0 Å². The fraction of sp³-hybridized carbons (Fsp3) is 0.350. The number of rotatable bonds is 6. The Balaban J connectivity index is 1.59. The molecule has 0 spiro atoms. The first-order valence-electron chi connectivity index (χ1n) is 8.77. The van der Waals surface area contributed by atoms with Crippen LogP contribution in [0.1, 0.15) is 18.9 Å². The van der Waals surface area contributed by atoms with Crippen molar-refractivity contribution >= 4 is 17.3 Å². The van der Waals surface area contributed by atoms with Crippen molar-refractivity contribution in [3.05, 3.63) is 54.1 Å². The molecule has 3 rings (SSSR count). The van der Waals surface area contributed by atoms with Gasteiger partial charge in [0.1, 0.15) is 11.9 Å². The zero-order valence-corrected chi connectivity index (χ0v) is 14.6. The number of ether oxygens (including phenoxy) is 1. The third-order valence-corrected chi connectivity index (χ3v) is 4.41. The Kier molecular flexibility index (Phi) is 5.43. The molecule has 5 nitrogen and oxygen atoms in total. The molecule has 1 aliphatic rings. The second-order valence-electron chi connectivity index (χ2n) is 6.34. The summed E-state index contributed by atoms with van der Waals surface area (Å²) in [6.45, 7) is 3.73. The molecule has 0 aromatic heterocycles. The van der Waals surface area contributed by atoms with E-state index in [1.165, 1.54) is 5.56 Å². The lowest BCUT2D eigenvalue weighted by Crippen LogP contribution is -2.45. The van der Waals surface area contributed by atoms with Crippen LogP contribution in [-0.4, -0.2) is 31.6 Å². The Labute approximate surface area is 148 Å². The molecule has 1 atom stereocenters. The smallest absolute Gasteiger partial charge is 0.239 e. The first kappa shape index (κ1) is 17.1. The summed E-state index contributed by atoms with van der Waals surface area (Å²) in [5, 5.41) is 3.00.